The third-order valence-corrected chi connectivity index (χ3v) is 5.47. The molecule has 0 unspecified atom stereocenters. The first-order chi connectivity index (χ1) is 13.8. The number of hydrogen-bond acceptors (Lipinski definition) is 3. The highest BCUT2D eigenvalue weighted by Crippen LogP contribution is 2.47. The maximum atomic E-state index is 13.0. The van der Waals surface area contributed by atoms with Gasteiger partial charge in [0.2, 0.25) is 11.8 Å². The second-order valence-corrected chi connectivity index (χ2v) is 8.65. The summed E-state index contributed by atoms with van der Waals surface area (Å²) in [5.41, 5.74) is 1.81. The van der Waals surface area contributed by atoms with Gasteiger partial charge in [0.25, 0.3) is 0 Å². The third kappa shape index (κ3) is 4.61. The number of rotatable bonds is 7. The van der Waals surface area contributed by atoms with Crippen LogP contribution in [0.2, 0.25) is 0 Å². The van der Waals surface area contributed by atoms with Crippen LogP contribution in [-0.4, -0.2) is 25.5 Å². The van der Waals surface area contributed by atoms with Crippen LogP contribution in [0.4, 0.5) is 5.69 Å². The van der Waals surface area contributed by atoms with Crippen molar-refractivity contribution in [3.63, 3.8) is 0 Å². The van der Waals surface area contributed by atoms with E-state index < -0.39 is 5.41 Å². The van der Waals surface area contributed by atoms with Gasteiger partial charge >= 0.3 is 0 Å². The molecule has 29 heavy (non-hydrogen) atoms. The SMILES string of the molecule is COc1ccccc1CCNC(=O)C1(C(=O)Nc2ccccc2C(C)(C)C)CC1. The van der Waals surface area contributed by atoms with Crippen molar-refractivity contribution in [2.45, 2.75) is 45.4 Å². The first-order valence-corrected chi connectivity index (χ1v) is 10.1. The van der Waals surface area contributed by atoms with Gasteiger partial charge in [-0.15, -0.1) is 0 Å². The number of nitrogens with one attached hydrogen (secondary N) is 2. The Labute approximate surface area is 172 Å². The first kappa shape index (κ1) is 20.9. The fourth-order valence-corrected chi connectivity index (χ4v) is 3.56. The van der Waals surface area contributed by atoms with Crippen LogP contribution in [0.15, 0.2) is 48.5 Å². The van der Waals surface area contributed by atoms with Gasteiger partial charge in [0.05, 0.1) is 7.11 Å². The van der Waals surface area contributed by atoms with Crippen molar-refractivity contribution in [3.05, 3.63) is 59.7 Å². The molecule has 0 atom stereocenters. The quantitative estimate of drug-likeness (QED) is 0.696. The van der Waals surface area contributed by atoms with Gasteiger partial charge in [-0.05, 0) is 47.9 Å². The number of carbonyl (C=O) groups is 2. The van der Waals surface area contributed by atoms with E-state index in [-0.39, 0.29) is 17.2 Å². The lowest BCUT2D eigenvalue weighted by atomic mass is 9.85. The van der Waals surface area contributed by atoms with Crippen LogP contribution < -0.4 is 15.4 Å². The van der Waals surface area contributed by atoms with E-state index in [1.165, 1.54) is 0 Å². The van der Waals surface area contributed by atoms with Crippen molar-refractivity contribution in [1.82, 2.24) is 5.32 Å². The normalized spacial score (nSPS) is 14.8. The number of anilines is 1. The van der Waals surface area contributed by atoms with Crippen LogP contribution in [0.25, 0.3) is 0 Å². The average molecular weight is 395 g/mol. The van der Waals surface area contributed by atoms with Crippen LogP contribution in [0.5, 0.6) is 5.75 Å². The summed E-state index contributed by atoms with van der Waals surface area (Å²) in [5, 5.41) is 5.95. The van der Waals surface area contributed by atoms with Gasteiger partial charge in [0, 0.05) is 12.2 Å². The van der Waals surface area contributed by atoms with E-state index in [0.717, 1.165) is 22.6 Å². The summed E-state index contributed by atoms with van der Waals surface area (Å²) in [6.45, 7) is 6.78. The Balaban J connectivity index is 1.62. The summed E-state index contributed by atoms with van der Waals surface area (Å²) in [6, 6.07) is 15.5. The zero-order valence-corrected chi connectivity index (χ0v) is 17.7. The minimum Gasteiger partial charge on any atom is -0.496 e. The van der Waals surface area contributed by atoms with Crippen molar-refractivity contribution in [2.75, 3.05) is 19.0 Å². The highest BCUT2D eigenvalue weighted by molar-refractivity contribution is 6.13. The van der Waals surface area contributed by atoms with E-state index >= 15 is 0 Å². The Morgan fingerprint density at radius 1 is 1.00 bits per heavy atom. The summed E-state index contributed by atoms with van der Waals surface area (Å²) in [6.07, 6.45) is 1.81. The number of para-hydroxylation sites is 2. The van der Waals surface area contributed by atoms with E-state index in [2.05, 4.69) is 31.4 Å². The van der Waals surface area contributed by atoms with Crippen molar-refractivity contribution < 1.29 is 14.3 Å². The summed E-state index contributed by atoms with van der Waals surface area (Å²) in [4.78, 5) is 25.7. The van der Waals surface area contributed by atoms with E-state index in [4.69, 9.17) is 4.74 Å². The molecule has 1 fully saturated rings. The van der Waals surface area contributed by atoms with Gasteiger partial charge in [-0.2, -0.15) is 0 Å². The van der Waals surface area contributed by atoms with Crippen LogP contribution in [0.3, 0.4) is 0 Å². The van der Waals surface area contributed by atoms with Crippen molar-refractivity contribution in [2.24, 2.45) is 5.41 Å². The van der Waals surface area contributed by atoms with Crippen LogP contribution >= 0.6 is 0 Å². The smallest absolute Gasteiger partial charge is 0.240 e. The molecule has 1 aliphatic rings. The molecule has 0 bridgehead atoms. The predicted molar refractivity (Wildman–Crippen MR) is 115 cm³/mol. The number of carbonyl (C=O) groups excluding carboxylic acids is 2. The van der Waals surface area contributed by atoms with Gasteiger partial charge in [0.15, 0.2) is 0 Å². The molecule has 5 nitrogen and oxygen atoms in total. The number of amides is 2. The molecule has 2 amide bonds. The zero-order valence-electron chi connectivity index (χ0n) is 17.7. The monoisotopic (exact) mass is 394 g/mol. The fraction of sp³-hybridized carbons (Fsp3) is 0.417. The van der Waals surface area contributed by atoms with E-state index in [1.807, 2.05) is 48.5 Å². The first-order valence-electron chi connectivity index (χ1n) is 10.1. The largest absolute Gasteiger partial charge is 0.496 e. The molecule has 2 aromatic rings. The summed E-state index contributed by atoms with van der Waals surface area (Å²) in [5.74, 6) is 0.390. The average Bonchev–Trinajstić information content (AvgIpc) is 3.50. The molecule has 2 aromatic carbocycles. The fourth-order valence-electron chi connectivity index (χ4n) is 3.56. The highest BCUT2D eigenvalue weighted by Gasteiger charge is 2.56. The number of methoxy groups -OCH3 is 1. The van der Waals surface area contributed by atoms with Crippen LogP contribution in [0.1, 0.15) is 44.7 Å². The lowest BCUT2D eigenvalue weighted by Crippen LogP contribution is -2.41. The Kier molecular flexibility index (Phi) is 5.96. The highest BCUT2D eigenvalue weighted by atomic mass is 16.5. The van der Waals surface area contributed by atoms with Gasteiger partial charge in [-0.3, -0.25) is 9.59 Å². The molecule has 5 heteroatoms. The molecule has 0 aromatic heterocycles. The minimum absolute atomic E-state index is 0.0996. The third-order valence-electron chi connectivity index (χ3n) is 5.47. The van der Waals surface area contributed by atoms with Gasteiger partial charge < -0.3 is 15.4 Å². The second kappa shape index (κ2) is 8.27. The molecule has 3 rings (SSSR count). The molecule has 154 valence electrons. The molecule has 1 aliphatic carbocycles. The van der Waals surface area contributed by atoms with Crippen LogP contribution in [0, 0.1) is 5.41 Å². The molecular formula is C24H30N2O3. The molecule has 1 saturated carbocycles. The molecule has 0 saturated heterocycles. The number of ether oxygens (including phenoxy) is 1. The van der Waals surface area contributed by atoms with Gasteiger partial charge in [-0.1, -0.05) is 57.2 Å². The van der Waals surface area contributed by atoms with Crippen LogP contribution in [-0.2, 0) is 21.4 Å². The molecule has 0 radical (unpaired) electrons. The lowest BCUT2D eigenvalue weighted by molar-refractivity contribution is -0.134. The molecule has 0 aliphatic heterocycles. The standard InChI is InChI=1S/C24H30N2O3/c1-23(2,3)18-10-6-7-11-19(18)26-22(28)24(14-15-24)21(27)25-16-13-17-9-5-8-12-20(17)29-4/h5-12H,13-16H2,1-4H3,(H,25,27)(H,26,28). The van der Waals surface area contributed by atoms with Crippen molar-refractivity contribution >= 4 is 17.5 Å². The summed E-state index contributed by atoms with van der Waals surface area (Å²) in [7, 11) is 1.64. The summed E-state index contributed by atoms with van der Waals surface area (Å²) >= 11 is 0. The van der Waals surface area contributed by atoms with Crippen molar-refractivity contribution in [3.8, 4) is 5.75 Å². The van der Waals surface area contributed by atoms with Crippen molar-refractivity contribution in [1.29, 1.82) is 0 Å². The van der Waals surface area contributed by atoms with E-state index in [0.29, 0.717) is 25.8 Å². The molecule has 0 spiro atoms. The Bertz CT molecular complexity index is 895. The Hall–Kier alpha value is -2.82. The second-order valence-electron chi connectivity index (χ2n) is 8.65. The lowest BCUT2D eigenvalue weighted by Gasteiger charge is -2.24. The maximum absolute atomic E-state index is 13.0. The minimum atomic E-state index is -0.953. The summed E-state index contributed by atoms with van der Waals surface area (Å²) < 4.78 is 5.35. The maximum Gasteiger partial charge on any atom is 0.240 e. The zero-order chi connectivity index (χ0) is 21.1. The molecular weight excluding hydrogens is 364 g/mol. The van der Waals surface area contributed by atoms with E-state index in [1.54, 1.807) is 7.11 Å². The topological polar surface area (TPSA) is 67.4 Å². The van der Waals surface area contributed by atoms with E-state index in [9.17, 15) is 9.59 Å². The molecule has 2 N–H and O–H groups in total. The Morgan fingerprint density at radius 2 is 1.66 bits per heavy atom. The molecule has 0 heterocycles. The van der Waals surface area contributed by atoms with Gasteiger partial charge in [-0.25, -0.2) is 0 Å². The number of benzene rings is 2. The Morgan fingerprint density at radius 3 is 2.31 bits per heavy atom. The predicted octanol–water partition coefficient (Wildman–Crippen LogP) is 4.07. The number of hydrogen-bond donors (Lipinski definition) is 2. The van der Waals surface area contributed by atoms with Gasteiger partial charge in [0.1, 0.15) is 11.2 Å².